The van der Waals surface area contributed by atoms with Crippen LogP contribution in [0.5, 0.6) is 0 Å². The molecule has 0 spiro atoms. The van der Waals surface area contributed by atoms with E-state index in [1.54, 1.807) is 0 Å². The molecule has 0 aliphatic carbocycles. The Balaban J connectivity index is 2.14. The molecule has 2 N–H and O–H groups in total. The number of piperidine rings is 1. The second-order valence-corrected chi connectivity index (χ2v) is 6.17. The van der Waals surface area contributed by atoms with E-state index in [4.69, 9.17) is 17.3 Å². The molecule has 1 heterocycles. The topological polar surface area (TPSA) is 29.3 Å². The fourth-order valence-electron chi connectivity index (χ4n) is 2.74. The summed E-state index contributed by atoms with van der Waals surface area (Å²) in [7, 11) is 0. The molecule has 1 fully saturated rings. The predicted octanol–water partition coefficient (Wildman–Crippen LogP) is 3.60. The Bertz CT molecular complexity index is 380. The molecule has 2 nitrogen and oxygen atoms in total. The van der Waals surface area contributed by atoms with Gasteiger partial charge in [0.25, 0.3) is 0 Å². The number of nitrogens with zero attached hydrogens (tertiary/aromatic N) is 1. The summed E-state index contributed by atoms with van der Waals surface area (Å²) >= 11 is 5.93. The zero-order valence-corrected chi connectivity index (χ0v) is 12.1. The third-order valence-corrected chi connectivity index (χ3v) is 4.41. The van der Waals surface area contributed by atoms with Crippen LogP contribution in [0, 0.1) is 0 Å². The van der Waals surface area contributed by atoms with E-state index in [-0.39, 0.29) is 11.6 Å². The smallest absolute Gasteiger partial charge is 0.0476 e. The molecule has 0 bridgehead atoms. The lowest BCUT2D eigenvalue weighted by atomic mass is 9.86. The first-order valence-corrected chi connectivity index (χ1v) is 7.16. The highest BCUT2D eigenvalue weighted by atomic mass is 35.5. The van der Waals surface area contributed by atoms with Gasteiger partial charge in [-0.3, -0.25) is 4.90 Å². The van der Waals surface area contributed by atoms with Crippen LogP contribution in [0.15, 0.2) is 24.3 Å². The van der Waals surface area contributed by atoms with Crippen molar-refractivity contribution < 1.29 is 0 Å². The highest BCUT2D eigenvalue weighted by molar-refractivity contribution is 6.30. The van der Waals surface area contributed by atoms with Gasteiger partial charge in [-0.2, -0.15) is 0 Å². The Labute approximate surface area is 115 Å². The van der Waals surface area contributed by atoms with Crippen molar-refractivity contribution in [1.29, 1.82) is 0 Å². The maximum absolute atomic E-state index is 6.47. The van der Waals surface area contributed by atoms with Gasteiger partial charge >= 0.3 is 0 Å². The molecule has 100 valence electrons. The van der Waals surface area contributed by atoms with Gasteiger partial charge in [0.05, 0.1) is 0 Å². The molecule has 1 aromatic rings. The molecule has 0 amide bonds. The lowest BCUT2D eigenvalue weighted by molar-refractivity contribution is 0.0730. The standard InChI is InChI=1S/C15H23ClN2/c1-15(2,18-10-4-3-5-11-18)14(17)12-6-8-13(16)9-7-12/h6-9,14H,3-5,10-11,17H2,1-2H3. The summed E-state index contributed by atoms with van der Waals surface area (Å²) in [5, 5.41) is 0.765. The molecule has 1 aliphatic heterocycles. The minimum atomic E-state index is -0.00570. The summed E-state index contributed by atoms with van der Waals surface area (Å²) in [4.78, 5) is 2.52. The fraction of sp³-hybridized carbons (Fsp3) is 0.600. The van der Waals surface area contributed by atoms with Gasteiger partial charge in [-0.15, -0.1) is 0 Å². The summed E-state index contributed by atoms with van der Waals surface area (Å²) < 4.78 is 0. The van der Waals surface area contributed by atoms with Crippen LogP contribution < -0.4 is 5.73 Å². The van der Waals surface area contributed by atoms with Crippen molar-refractivity contribution in [2.45, 2.75) is 44.7 Å². The van der Waals surface area contributed by atoms with E-state index in [0.29, 0.717) is 0 Å². The molecule has 0 aromatic heterocycles. The fourth-order valence-corrected chi connectivity index (χ4v) is 2.87. The first kappa shape index (κ1) is 13.9. The van der Waals surface area contributed by atoms with Gasteiger partial charge < -0.3 is 5.73 Å². The van der Waals surface area contributed by atoms with Crippen molar-refractivity contribution in [3.05, 3.63) is 34.9 Å². The number of benzene rings is 1. The van der Waals surface area contributed by atoms with Crippen molar-refractivity contribution in [1.82, 2.24) is 4.90 Å². The van der Waals surface area contributed by atoms with Crippen LogP contribution in [0.3, 0.4) is 0 Å². The summed E-state index contributed by atoms with van der Waals surface area (Å²) in [6.07, 6.45) is 3.93. The molecule has 1 saturated heterocycles. The van der Waals surface area contributed by atoms with Crippen molar-refractivity contribution in [2.75, 3.05) is 13.1 Å². The molecule has 3 heteroatoms. The number of rotatable bonds is 3. The van der Waals surface area contributed by atoms with E-state index < -0.39 is 0 Å². The first-order valence-electron chi connectivity index (χ1n) is 6.78. The molecule has 1 atom stereocenters. The number of halogens is 1. The van der Waals surface area contributed by atoms with E-state index in [2.05, 4.69) is 18.7 Å². The highest BCUT2D eigenvalue weighted by Gasteiger charge is 2.34. The van der Waals surface area contributed by atoms with Gasteiger partial charge in [0.1, 0.15) is 0 Å². The average molecular weight is 267 g/mol. The third kappa shape index (κ3) is 2.87. The maximum Gasteiger partial charge on any atom is 0.0476 e. The van der Waals surface area contributed by atoms with E-state index in [9.17, 15) is 0 Å². The minimum absolute atomic E-state index is 0.00570. The Hall–Kier alpha value is -0.570. The molecule has 2 rings (SSSR count). The second kappa shape index (κ2) is 5.60. The summed E-state index contributed by atoms with van der Waals surface area (Å²) in [5.41, 5.74) is 7.63. The Morgan fingerprint density at radius 2 is 1.67 bits per heavy atom. The normalized spacial score (nSPS) is 19.8. The van der Waals surface area contributed by atoms with Crippen molar-refractivity contribution in [3.8, 4) is 0 Å². The van der Waals surface area contributed by atoms with Gasteiger partial charge in [0.2, 0.25) is 0 Å². The molecule has 1 aliphatic rings. The van der Waals surface area contributed by atoms with E-state index in [1.165, 1.54) is 19.3 Å². The van der Waals surface area contributed by atoms with Gasteiger partial charge in [-0.1, -0.05) is 30.2 Å². The number of hydrogen-bond donors (Lipinski definition) is 1. The average Bonchev–Trinajstić information content (AvgIpc) is 2.40. The second-order valence-electron chi connectivity index (χ2n) is 5.73. The van der Waals surface area contributed by atoms with E-state index >= 15 is 0 Å². The Morgan fingerprint density at radius 3 is 2.22 bits per heavy atom. The SMILES string of the molecule is CC(C)(C(N)c1ccc(Cl)cc1)N1CCCCC1. The van der Waals surface area contributed by atoms with Crippen LogP contribution in [0.4, 0.5) is 0 Å². The van der Waals surface area contributed by atoms with Gasteiger partial charge in [-0.25, -0.2) is 0 Å². The molecule has 0 saturated carbocycles. The van der Waals surface area contributed by atoms with Crippen LogP contribution in [0.1, 0.15) is 44.7 Å². The van der Waals surface area contributed by atoms with Gasteiger partial charge in [0, 0.05) is 16.6 Å². The third-order valence-electron chi connectivity index (χ3n) is 4.16. The van der Waals surface area contributed by atoms with Gasteiger partial charge in [-0.05, 0) is 57.5 Å². The summed E-state index contributed by atoms with van der Waals surface area (Å²) in [5.74, 6) is 0. The van der Waals surface area contributed by atoms with Gasteiger partial charge in [0.15, 0.2) is 0 Å². The monoisotopic (exact) mass is 266 g/mol. The van der Waals surface area contributed by atoms with Crippen LogP contribution in [0.2, 0.25) is 5.02 Å². The number of hydrogen-bond acceptors (Lipinski definition) is 2. The number of likely N-dealkylation sites (tertiary alicyclic amines) is 1. The lowest BCUT2D eigenvalue weighted by Crippen LogP contribution is -2.53. The molecular formula is C15H23ClN2. The summed E-state index contributed by atoms with van der Waals surface area (Å²) in [6.45, 7) is 6.82. The Morgan fingerprint density at radius 1 is 1.11 bits per heavy atom. The van der Waals surface area contributed by atoms with Crippen molar-refractivity contribution in [2.24, 2.45) is 5.73 Å². The minimum Gasteiger partial charge on any atom is -0.322 e. The van der Waals surface area contributed by atoms with Crippen molar-refractivity contribution >= 4 is 11.6 Å². The van der Waals surface area contributed by atoms with Crippen LogP contribution in [-0.2, 0) is 0 Å². The zero-order chi connectivity index (χ0) is 13.2. The lowest BCUT2D eigenvalue weighted by Gasteiger charge is -2.44. The van der Waals surface area contributed by atoms with Crippen LogP contribution in [-0.4, -0.2) is 23.5 Å². The molecule has 18 heavy (non-hydrogen) atoms. The summed E-state index contributed by atoms with van der Waals surface area (Å²) in [6, 6.07) is 7.94. The zero-order valence-electron chi connectivity index (χ0n) is 11.3. The quantitative estimate of drug-likeness (QED) is 0.906. The first-order chi connectivity index (χ1) is 8.51. The Kier molecular flexibility index (Phi) is 4.31. The highest BCUT2D eigenvalue weighted by Crippen LogP contribution is 2.31. The molecule has 0 radical (unpaired) electrons. The molecule has 1 unspecified atom stereocenters. The van der Waals surface area contributed by atoms with Crippen molar-refractivity contribution in [3.63, 3.8) is 0 Å². The van der Waals surface area contributed by atoms with Crippen LogP contribution >= 0.6 is 11.6 Å². The predicted molar refractivity (Wildman–Crippen MR) is 77.9 cm³/mol. The van der Waals surface area contributed by atoms with Crippen LogP contribution in [0.25, 0.3) is 0 Å². The maximum atomic E-state index is 6.47. The van der Waals surface area contributed by atoms with E-state index in [0.717, 1.165) is 23.7 Å². The van der Waals surface area contributed by atoms with E-state index in [1.807, 2.05) is 24.3 Å². The molecule has 1 aromatic carbocycles. The number of nitrogens with two attached hydrogens (primary N) is 1. The molecular weight excluding hydrogens is 244 g/mol. The largest absolute Gasteiger partial charge is 0.322 e.